The number of alkyl halides is 2. The fourth-order valence-electron chi connectivity index (χ4n) is 5.21. The molecule has 3 aromatic carbocycles. The Morgan fingerprint density at radius 3 is 2.20 bits per heavy atom. The van der Waals surface area contributed by atoms with Gasteiger partial charge in [-0.2, -0.15) is 0 Å². The highest BCUT2D eigenvalue weighted by molar-refractivity contribution is 5.75. The second-order valence-corrected chi connectivity index (χ2v) is 10.8. The summed E-state index contributed by atoms with van der Waals surface area (Å²) in [6, 6.07) is 18.1. The first kappa shape index (κ1) is 33.0. The Hall–Kier alpha value is -3.92. The van der Waals surface area contributed by atoms with E-state index in [0.717, 1.165) is 33.4 Å². The lowest BCUT2D eigenvalue weighted by Gasteiger charge is -2.24. The molecule has 0 spiro atoms. The zero-order valence-electron chi connectivity index (χ0n) is 25.7. The number of rotatable bonds is 14. The van der Waals surface area contributed by atoms with Crippen molar-refractivity contribution in [2.45, 2.75) is 58.7 Å². The van der Waals surface area contributed by atoms with Crippen LogP contribution < -0.4 is 9.80 Å². The molecule has 0 atom stereocenters. The third-order valence-electron chi connectivity index (χ3n) is 7.63. The van der Waals surface area contributed by atoms with E-state index < -0.39 is 5.92 Å². The molecule has 0 amide bonds. The molecule has 0 radical (unpaired) electrons. The predicted molar refractivity (Wildman–Crippen MR) is 165 cm³/mol. The Labute approximate surface area is 257 Å². The Kier molecular flexibility index (Phi) is 11.0. The lowest BCUT2D eigenvalue weighted by Crippen LogP contribution is -2.24. The first-order valence-electron chi connectivity index (χ1n) is 14.5. The number of hydroxylamine groups is 1. The molecule has 9 heteroatoms. The average Bonchev–Trinajstić information content (AvgIpc) is 3.03. The maximum atomic E-state index is 14.3. The van der Waals surface area contributed by atoms with Gasteiger partial charge in [-0.25, -0.2) is 23.2 Å². The molecule has 234 valence electrons. The number of anilines is 1. The third-order valence-corrected chi connectivity index (χ3v) is 7.63. The van der Waals surface area contributed by atoms with Crippen LogP contribution in [0.5, 0.6) is 5.88 Å². The number of nitrogens with zero attached hydrogens (tertiary/aromatic N) is 2. The number of benzene rings is 3. The molecule has 6 nitrogen and oxygen atoms in total. The van der Waals surface area contributed by atoms with Crippen LogP contribution in [0.2, 0.25) is 0 Å². The summed E-state index contributed by atoms with van der Waals surface area (Å²) >= 11 is 0. The van der Waals surface area contributed by atoms with E-state index in [4.69, 9.17) is 14.3 Å². The summed E-state index contributed by atoms with van der Waals surface area (Å²) < 4.78 is 53.8. The molecule has 1 aromatic heterocycles. The number of hydrogen-bond donors (Lipinski definition) is 1. The van der Waals surface area contributed by atoms with Crippen LogP contribution in [0, 0.1) is 5.82 Å². The summed E-state index contributed by atoms with van der Waals surface area (Å²) in [7, 11) is 3.10. The van der Waals surface area contributed by atoms with Crippen LogP contribution in [-0.2, 0) is 35.1 Å². The molecule has 0 bridgehead atoms. The molecule has 0 aliphatic carbocycles. The Morgan fingerprint density at radius 2 is 1.66 bits per heavy atom. The quantitative estimate of drug-likeness (QED) is 0.115. The minimum Gasteiger partial charge on any atom is -0.473 e. The van der Waals surface area contributed by atoms with E-state index in [9.17, 15) is 18.3 Å². The number of methoxy groups -OCH3 is 1. The Bertz CT molecular complexity index is 1510. The van der Waals surface area contributed by atoms with E-state index in [-0.39, 0.29) is 43.7 Å². The maximum Gasteiger partial charge on any atom is 0.273 e. The van der Waals surface area contributed by atoms with E-state index >= 15 is 0 Å². The van der Waals surface area contributed by atoms with Gasteiger partial charge < -0.3 is 14.6 Å². The zero-order valence-corrected chi connectivity index (χ0v) is 25.7. The Morgan fingerprint density at radius 1 is 0.955 bits per heavy atom. The predicted octanol–water partition coefficient (Wildman–Crippen LogP) is 8.15. The topological polar surface area (TPSA) is 64.1 Å². The normalized spacial score (nSPS) is 11.7. The molecule has 44 heavy (non-hydrogen) atoms. The van der Waals surface area contributed by atoms with Crippen molar-refractivity contribution >= 4 is 5.69 Å². The Balaban J connectivity index is 1.75. The number of hydrogen-bond acceptors (Lipinski definition) is 6. The van der Waals surface area contributed by atoms with Gasteiger partial charge in [-0.15, -0.1) is 0 Å². The van der Waals surface area contributed by atoms with Crippen LogP contribution in [0.15, 0.2) is 72.9 Å². The van der Waals surface area contributed by atoms with Crippen molar-refractivity contribution in [1.29, 1.82) is 0 Å². The van der Waals surface area contributed by atoms with Gasteiger partial charge in [0.15, 0.2) is 0 Å². The third kappa shape index (κ3) is 7.59. The summed E-state index contributed by atoms with van der Waals surface area (Å²) in [5.74, 6) is -2.80. The highest BCUT2D eigenvalue weighted by atomic mass is 19.3. The maximum absolute atomic E-state index is 14.3. The van der Waals surface area contributed by atoms with Crippen LogP contribution in [0.3, 0.4) is 0 Å². The first-order chi connectivity index (χ1) is 21.1. The molecule has 0 aliphatic heterocycles. The molecule has 4 rings (SSSR count). The number of halogens is 3. The van der Waals surface area contributed by atoms with Crippen LogP contribution in [0.4, 0.5) is 18.9 Å². The molecule has 4 aromatic rings. The SMILES string of the molecule is CCC(F)(F)c1ccc(Cc2c(C(C)C)cc(COc3ccc(N(COC)OC)cn3)c(CO)c2-c2ccc(F)cc2)cc1. The lowest BCUT2D eigenvalue weighted by molar-refractivity contribution is -0.00829. The highest BCUT2D eigenvalue weighted by Crippen LogP contribution is 2.39. The first-order valence-corrected chi connectivity index (χ1v) is 14.5. The second-order valence-electron chi connectivity index (χ2n) is 10.8. The molecule has 1 N–H and O–H groups in total. The van der Waals surface area contributed by atoms with Crippen molar-refractivity contribution in [1.82, 2.24) is 4.98 Å². The molecule has 1 heterocycles. The van der Waals surface area contributed by atoms with E-state index in [1.807, 2.05) is 6.07 Å². The van der Waals surface area contributed by atoms with Gasteiger partial charge in [0.1, 0.15) is 19.2 Å². The van der Waals surface area contributed by atoms with Gasteiger partial charge in [-0.1, -0.05) is 63.2 Å². The largest absolute Gasteiger partial charge is 0.473 e. The summed E-state index contributed by atoms with van der Waals surface area (Å²) in [4.78, 5) is 9.69. The molecule has 0 saturated heterocycles. The van der Waals surface area contributed by atoms with E-state index in [2.05, 4.69) is 18.8 Å². The van der Waals surface area contributed by atoms with Crippen molar-refractivity contribution in [2.75, 3.05) is 26.0 Å². The minimum absolute atomic E-state index is 0.0228. The smallest absolute Gasteiger partial charge is 0.273 e. The fraction of sp³-hybridized carbons (Fsp3) is 0.343. The fourth-order valence-corrected chi connectivity index (χ4v) is 5.21. The van der Waals surface area contributed by atoms with Gasteiger partial charge in [0.2, 0.25) is 5.88 Å². The van der Waals surface area contributed by atoms with Gasteiger partial charge in [0.25, 0.3) is 5.92 Å². The molecule has 0 saturated carbocycles. The monoisotopic (exact) mass is 608 g/mol. The van der Waals surface area contributed by atoms with Gasteiger partial charge in [0, 0.05) is 25.2 Å². The van der Waals surface area contributed by atoms with Crippen molar-refractivity contribution in [2.24, 2.45) is 0 Å². The van der Waals surface area contributed by atoms with Gasteiger partial charge >= 0.3 is 0 Å². The lowest BCUT2D eigenvalue weighted by atomic mass is 9.82. The second kappa shape index (κ2) is 14.7. The summed E-state index contributed by atoms with van der Waals surface area (Å²) in [6.07, 6.45) is 1.77. The minimum atomic E-state index is -2.89. The molecule has 0 aliphatic rings. The molecular formula is C35H39F3N2O4. The number of pyridine rings is 1. The molecule has 0 fully saturated rings. The molecule has 0 unspecified atom stereocenters. The summed E-state index contributed by atoms with van der Waals surface area (Å²) in [6.45, 7) is 5.67. The van der Waals surface area contributed by atoms with E-state index in [1.165, 1.54) is 43.4 Å². The summed E-state index contributed by atoms with van der Waals surface area (Å²) in [5.41, 5.74) is 6.40. The van der Waals surface area contributed by atoms with Crippen LogP contribution >= 0.6 is 0 Å². The number of aliphatic hydroxyl groups is 1. The van der Waals surface area contributed by atoms with Crippen LogP contribution in [-0.4, -0.2) is 31.0 Å². The van der Waals surface area contributed by atoms with Crippen molar-refractivity contribution in [3.63, 3.8) is 0 Å². The van der Waals surface area contributed by atoms with Gasteiger partial charge in [-0.05, 0) is 69.5 Å². The van der Waals surface area contributed by atoms with Gasteiger partial charge in [0.05, 0.1) is 25.6 Å². The molecular weight excluding hydrogens is 569 g/mol. The summed E-state index contributed by atoms with van der Waals surface area (Å²) in [5, 5.41) is 12.2. The van der Waals surface area contributed by atoms with Crippen molar-refractivity contribution in [3.05, 3.63) is 112 Å². The van der Waals surface area contributed by atoms with Crippen molar-refractivity contribution < 1.29 is 32.6 Å². The van der Waals surface area contributed by atoms with E-state index in [0.29, 0.717) is 23.6 Å². The number of aromatic nitrogens is 1. The number of aliphatic hydroxyl groups excluding tert-OH is 1. The standard InChI is InChI=1S/C35H39F3N2O4/c1-6-35(37,38)27-11-7-24(8-12-27)17-31-30(23(2)3)18-26(32(20-41)34(31)25-9-13-28(36)14-10-25)21-44-33-16-15-29(19-39-33)40(43-5)22-42-4/h7-16,18-19,23,41H,6,17,20-22H2,1-5H3. The number of ether oxygens (including phenoxy) is 2. The van der Waals surface area contributed by atoms with Crippen LogP contribution in [0.25, 0.3) is 11.1 Å². The van der Waals surface area contributed by atoms with Crippen molar-refractivity contribution in [3.8, 4) is 17.0 Å². The van der Waals surface area contributed by atoms with Crippen LogP contribution in [0.1, 0.15) is 66.5 Å². The average molecular weight is 609 g/mol. The zero-order chi connectivity index (χ0) is 31.9. The highest BCUT2D eigenvalue weighted by Gasteiger charge is 2.29. The van der Waals surface area contributed by atoms with E-state index in [1.54, 1.807) is 49.7 Å². The van der Waals surface area contributed by atoms with Gasteiger partial charge in [-0.3, -0.25) is 4.84 Å².